The Bertz CT molecular complexity index is 1050. The lowest BCUT2D eigenvalue weighted by molar-refractivity contribution is -0.274. The number of rotatable bonds is 5. The molecule has 1 saturated carbocycles. The van der Waals surface area contributed by atoms with Crippen LogP contribution in [-0.2, 0) is 0 Å². The lowest BCUT2D eigenvalue weighted by Gasteiger charge is -2.31. The minimum atomic E-state index is -4.75. The Morgan fingerprint density at radius 2 is 2.00 bits per heavy atom. The van der Waals surface area contributed by atoms with Gasteiger partial charge in [0.1, 0.15) is 11.6 Å². The lowest BCUT2D eigenvalue weighted by Crippen LogP contribution is -2.35. The zero-order valence-electron chi connectivity index (χ0n) is 16.5. The second kappa shape index (κ2) is 8.44. The van der Waals surface area contributed by atoms with Crippen molar-refractivity contribution in [2.75, 3.05) is 11.4 Å². The summed E-state index contributed by atoms with van der Waals surface area (Å²) in [4.78, 5) is 24.7. The van der Waals surface area contributed by atoms with E-state index in [1.807, 2.05) is 0 Å². The van der Waals surface area contributed by atoms with Gasteiger partial charge in [0.2, 0.25) is 0 Å². The first-order chi connectivity index (χ1) is 14.8. The zero-order valence-corrected chi connectivity index (χ0v) is 16.5. The van der Waals surface area contributed by atoms with Crippen LogP contribution in [0, 0.1) is 5.92 Å². The Labute approximate surface area is 175 Å². The van der Waals surface area contributed by atoms with Crippen LogP contribution in [0.25, 0.3) is 11.0 Å². The molecule has 0 saturated heterocycles. The van der Waals surface area contributed by atoms with Gasteiger partial charge in [0.15, 0.2) is 0 Å². The van der Waals surface area contributed by atoms with E-state index in [-0.39, 0.29) is 17.6 Å². The third-order valence-electron chi connectivity index (χ3n) is 5.57. The standard InChI is InChI=1S/C21H21F3N4O3/c22-21(23,24)31-16-7-8-17-18(10-16)27-19(26-17)14-5-3-13(4-6-14)12-28(20(29)30)15-2-1-9-25-11-15/h1-2,7-11,13-14H,3-6,12H2,(H,26,27)(H,29,30). The summed E-state index contributed by atoms with van der Waals surface area (Å²) < 4.78 is 41.2. The number of carbonyl (C=O) groups is 1. The van der Waals surface area contributed by atoms with Crippen LogP contribution in [0.15, 0.2) is 42.7 Å². The SMILES string of the molecule is O=C(O)N(CC1CCC(c2nc3cc(OC(F)(F)F)ccc3[nH]2)CC1)c1cccnc1. The van der Waals surface area contributed by atoms with E-state index in [2.05, 4.69) is 19.7 Å². The highest BCUT2D eigenvalue weighted by Crippen LogP contribution is 2.36. The summed E-state index contributed by atoms with van der Waals surface area (Å²) in [5, 5.41) is 9.56. The molecule has 164 valence electrons. The van der Waals surface area contributed by atoms with Gasteiger partial charge >= 0.3 is 12.5 Å². The monoisotopic (exact) mass is 434 g/mol. The van der Waals surface area contributed by atoms with Crippen LogP contribution in [0.3, 0.4) is 0 Å². The van der Waals surface area contributed by atoms with Crippen molar-refractivity contribution in [2.24, 2.45) is 5.92 Å². The molecule has 0 spiro atoms. The van der Waals surface area contributed by atoms with Crippen molar-refractivity contribution in [3.05, 3.63) is 48.5 Å². The Morgan fingerprint density at radius 3 is 2.65 bits per heavy atom. The Kier molecular flexibility index (Phi) is 5.71. The molecule has 0 radical (unpaired) electrons. The number of alkyl halides is 3. The molecule has 2 heterocycles. The fraction of sp³-hybridized carbons (Fsp3) is 0.381. The van der Waals surface area contributed by atoms with Crippen molar-refractivity contribution in [3.63, 3.8) is 0 Å². The number of imidazole rings is 1. The minimum absolute atomic E-state index is 0.146. The molecule has 1 aliphatic rings. The van der Waals surface area contributed by atoms with Gasteiger partial charge in [-0.1, -0.05) is 0 Å². The number of nitrogens with one attached hydrogen (secondary N) is 1. The number of ether oxygens (including phenoxy) is 1. The van der Waals surface area contributed by atoms with E-state index in [4.69, 9.17) is 0 Å². The number of nitrogens with zero attached hydrogens (tertiary/aromatic N) is 3. The fourth-order valence-corrected chi connectivity index (χ4v) is 4.08. The second-order valence-electron chi connectivity index (χ2n) is 7.67. The van der Waals surface area contributed by atoms with E-state index in [0.29, 0.717) is 23.3 Å². The third kappa shape index (κ3) is 5.07. The topological polar surface area (TPSA) is 91.3 Å². The molecule has 0 bridgehead atoms. The number of aromatic amines is 1. The first kappa shape index (κ1) is 21.0. The maximum atomic E-state index is 12.4. The summed E-state index contributed by atoms with van der Waals surface area (Å²) >= 11 is 0. The smallest absolute Gasteiger partial charge is 0.465 e. The number of aromatic nitrogens is 3. The van der Waals surface area contributed by atoms with Crippen molar-refractivity contribution in [2.45, 2.75) is 38.0 Å². The largest absolute Gasteiger partial charge is 0.573 e. The quantitative estimate of drug-likeness (QED) is 0.568. The molecule has 7 nitrogen and oxygen atoms in total. The molecule has 10 heteroatoms. The van der Waals surface area contributed by atoms with Crippen molar-refractivity contribution in [1.29, 1.82) is 0 Å². The van der Waals surface area contributed by atoms with Crippen LogP contribution in [0.1, 0.15) is 37.4 Å². The predicted molar refractivity (Wildman–Crippen MR) is 107 cm³/mol. The first-order valence-corrected chi connectivity index (χ1v) is 9.94. The number of anilines is 1. The highest BCUT2D eigenvalue weighted by atomic mass is 19.4. The Balaban J connectivity index is 1.40. The molecule has 0 atom stereocenters. The van der Waals surface area contributed by atoms with Gasteiger partial charge in [-0.3, -0.25) is 9.88 Å². The summed E-state index contributed by atoms with van der Waals surface area (Å²) in [5.74, 6) is 0.793. The van der Waals surface area contributed by atoms with Crippen molar-refractivity contribution < 1.29 is 27.8 Å². The highest BCUT2D eigenvalue weighted by Gasteiger charge is 2.31. The van der Waals surface area contributed by atoms with E-state index in [1.54, 1.807) is 18.3 Å². The molecular formula is C21H21F3N4O3. The molecule has 1 aromatic carbocycles. The van der Waals surface area contributed by atoms with Crippen LogP contribution in [0.2, 0.25) is 0 Å². The number of pyridine rings is 1. The molecule has 0 aliphatic heterocycles. The number of fused-ring (bicyclic) bond motifs is 1. The summed E-state index contributed by atoms with van der Waals surface area (Å²) in [5.41, 5.74) is 1.62. The van der Waals surface area contributed by atoms with E-state index in [0.717, 1.165) is 31.5 Å². The molecule has 1 aliphatic carbocycles. The average molecular weight is 434 g/mol. The van der Waals surface area contributed by atoms with Crippen molar-refractivity contribution >= 4 is 22.8 Å². The molecule has 1 fully saturated rings. The number of H-pyrrole nitrogens is 1. The number of hydrogen-bond donors (Lipinski definition) is 2. The summed E-state index contributed by atoms with van der Waals surface area (Å²) in [7, 11) is 0. The van der Waals surface area contributed by atoms with Gasteiger partial charge in [-0.15, -0.1) is 13.2 Å². The molecular weight excluding hydrogens is 413 g/mol. The molecule has 0 unspecified atom stereocenters. The molecule has 2 N–H and O–H groups in total. The lowest BCUT2D eigenvalue weighted by atomic mass is 9.81. The Morgan fingerprint density at radius 1 is 1.23 bits per heavy atom. The van der Waals surface area contributed by atoms with E-state index < -0.39 is 12.5 Å². The fourth-order valence-electron chi connectivity index (χ4n) is 4.08. The third-order valence-corrected chi connectivity index (χ3v) is 5.57. The van der Waals surface area contributed by atoms with Gasteiger partial charge in [-0.05, 0) is 55.9 Å². The summed E-state index contributed by atoms with van der Waals surface area (Å²) in [6, 6.07) is 7.48. The van der Waals surface area contributed by atoms with Crippen LogP contribution in [-0.4, -0.2) is 39.1 Å². The van der Waals surface area contributed by atoms with Crippen molar-refractivity contribution in [1.82, 2.24) is 15.0 Å². The number of halogens is 3. The van der Waals surface area contributed by atoms with Gasteiger partial charge in [0.25, 0.3) is 0 Å². The van der Waals surface area contributed by atoms with Gasteiger partial charge in [0, 0.05) is 24.7 Å². The number of amides is 1. The maximum absolute atomic E-state index is 12.4. The normalized spacial score (nSPS) is 19.3. The van der Waals surface area contributed by atoms with E-state index in [9.17, 15) is 23.1 Å². The molecule has 2 aromatic heterocycles. The van der Waals surface area contributed by atoms with E-state index in [1.165, 1.54) is 29.3 Å². The highest BCUT2D eigenvalue weighted by molar-refractivity contribution is 5.85. The van der Waals surface area contributed by atoms with Gasteiger partial charge in [0.05, 0.1) is 22.9 Å². The van der Waals surface area contributed by atoms with E-state index >= 15 is 0 Å². The minimum Gasteiger partial charge on any atom is -0.465 e. The second-order valence-corrected chi connectivity index (χ2v) is 7.67. The van der Waals surface area contributed by atoms with Gasteiger partial charge < -0.3 is 14.8 Å². The molecule has 1 amide bonds. The summed E-state index contributed by atoms with van der Waals surface area (Å²) in [6.45, 7) is 0.395. The number of hydrogen-bond acceptors (Lipinski definition) is 4. The first-order valence-electron chi connectivity index (χ1n) is 9.94. The Hall–Kier alpha value is -3.30. The zero-order chi connectivity index (χ0) is 22.0. The van der Waals surface area contributed by atoms with Gasteiger partial charge in [-0.25, -0.2) is 9.78 Å². The van der Waals surface area contributed by atoms with Crippen LogP contribution >= 0.6 is 0 Å². The maximum Gasteiger partial charge on any atom is 0.573 e. The van der Waals surface area contributed by atoms with Crippen LogP contribution in [0.5, 0.6) is 5.75 Å². The number of benzene rings is 1. The number of carboxylic acid groups (broad SMARTS) is 1. The van der Waals surface area contributed by atoms with Crippen molar-refractivity contribution in [3.8, 4) is 5.75 Å². The van der Waals surface area contributed by atoms with Crippen LogP contribution in [0.4, 0.5) is 23.7 Å². The predicted octanol–water partition coefficient (Wildman–Crippen LogP) is 5.31. The average Bonchev–Trinajstić information content (AvgIpc) is 3.15. The molecule has 4 rings (SSSR count). The van der Waals surface area contributed by atoms with Crippen LogP contribution < -0.4 is 9.64 Å². The molecule has 31 heavy (non-hydrogen) atoms. The van der Waals surface area contributed by atoms with Gasteiger partial charge in [-0.2, -0.15) is 0 Å². The summed E-state index contributed by atoms with van der Waals surface area (Å²) in [6.07, 6.45) is 0.663. The molecule has 3 aromatic rings.